The molecule has 0 aliphatic rings. The number of para-hydroxylation sites is 1. The van der Waals surface area contributed by atoms with Gasteiger partial charge >= 0.3 is 0 Å². The van der Waals surface area contributed by atoms with Gasteiger partial charge in [-0.05, 0) is 49.2 Å². The highest BCUT2D eigenvalue weighted by molar-refractivity contribution is 6.42. The van der Waals surface area contributed by atoms with E-state index < -0.39 is 0 Å². The van der Waals surface area contributed by atoms with Crippen LogP contribution in [0.5, 0.6) is 0 Å². The van der Waals surface area contributed by atoms with Crippen LogP contribution < -0.4 is 5.32 Å². The molecule has 4 aromatic rings. The van der Waals surface area contributed by atoms with Crippen LogP contribution in [0.15, 0.2) is 66.7 Å². The number of aryl methyl sites for hydroxylation is 2. The van der Waals surface area contributed by atoms with E-state index in [4.69, 9.17) is 28.2 Å². The van der Waals surface area contributed by atoms with E-state index in [0.29, 0.717) is 22.2 Å². The SMILES string of the molecule is Cc1ccc(-c2cc(C(=O)NCc3ccc(Cl)c(Cl)c3)c3ccccc3n2)c(C)c1. The van der Waals surface area contributed by atoms with E-state index in [1.165, 1.54) is 5.56 Å². The molecule has 1 amide bonds. The number of carbonyl (C=O) groups is 1. The van der Waals surface area contributed by atoms with Crippen molar-refractivity contribution in [3.63, 3.8) is 0 Å². The Kier molecular flexibility index (Phi) is 5.76. The predicted octanol–water partition coefficient (Wildman–Crippen LogP) is 6.76. The first-order valence-electron chi connectivity index (χ1n) is 9.62. The molecule has 3 nitrogen and oxygen atoms in total. The van der Waals surface area contributed by atoms with Crippen molar-refractivity contribution in [1.29, 1.82) is 0 Å². The highest BCUT2D eigenvalue weighted by Gasteiger charge is 2.15. The normalized spacial score (nSPS) is 10.9. The number of aromatic nitrogens is 1. The molecule has 1 aromatic heterocycles. The van der Waals surface area contributed by atoms with Gasteiger partial charge in [0.1, 0.15) is 0 Å². The topological polar surface area (TPSA) is 42.0 Å². The van der Waals surface area contributed by atoms with Gasteiger partial charge in [0, 0.05) is 17.5 Å². The quantitative estimate of drug-likeness (QED) is 0.385. The molecule has 0 fully saturated rings. The number of halogens is 2. The van der Waals surface area contributed by atoms with E-state index >= 15 is 0 Å². The summed E-state index contributed by atoms with van der Waals surface area (Å²) in [5, 5.41) is 4.76. The maximum atomic E-state index is 13.1. The molecule has 0 unspecified atom stereocenters. The fourth-order valence-electron chi connectivity index (χ4n) is 3.53. The predicted molar refractivity (Wildman–Crippen MR) is 124 cm³/mol. The van der Waals surface area contributed by atoms with Crippen LogP contribution in [-0.2, 0) is 6.54 Å². The van der Waals surface area contributed by atoms with Crippen molar-refractivity contribution >= 4 is 40.0 Å². The molecule has 0 bridgehead atoms. The first kappa shape index (κ1) is 20.4. The van der Waals surface area contributed by atoms with E-state index in [-0.39, 0.29) is 5.91 Å². The highest BCUT2D eigenvalue weighted by Crippen LogP contribution is 2.28. The van der Waals surface area contributed by atoms with Crippen molar-refractivity contribution in [1.82, 2.24) is 10.3 Å². The number of nitrogens with zero attached hydrogens (tertiary/aromatic N) is 1. The number of carbonyl (C=O) groups excluding carboxylic acids is 1. The Morgan fingerprint density at radius 3 is 2.50 bits per heavy atom. The van der Waals surface area contributed by atoms with Gasteiger partial charge in [-0.1, -0.05) is 71.2 Å². The van der Waals surface area contributed by atoms with Gasteiger partial charge in [-0.25, -0.2) is 4.98 Å². The third-order valence-electron chi connectivity index (χ3n) is 5.06. The van der Waals surface area contributed by atoms with E-state index in [1.807, 2.05) is 36.4 Å². The number of hydrogen-bond acceptors (Lipinski definition) is 2. The molecule has 0 atom stereocenters. The molecule has 0 aliphatic heterocycles. The van der Waals surface area contributed by atoms with Gasteiger partial charge in [-0.15, -0.1) is 0 Å². The van der Waals surface area contributed by atoms with Crippen LogP contribution in [0.1, 0.15) is 27.0 Å². The Labute approximate surface area is 185 Å². The maximum Gasteiger partial charge on any atom is 0.252 e. The molecule has 0 saturated carbocycles. The molecule has 0 radical (unpaired) electrons. The summed E-state index contributed by atoms with van der Waals surface area (Å²) < 4.78 is 0. The average Bonchev–Trinajstić information content (AvgIpc) is 2.73. The standard InChI is InChI=1S/C25H20Cl2N2O/c1-15-7-9-18(16(2)11-15)24-13-20(19-5-3-4-6-23(19)29-24)25(30)28-14-17-8-10-21(26)22(27)12-17/h3-13H,14H2,1-2H3,(H,28,30). The van der Waals surface area contributed by atoms with Gasteiger partial charge in [0.25, 0.3) is 5.91 Å². The monoisotopic (exact) mass is 434 g/mol. The van der Waals surface area contributed by atoms with Gasteiger partial charge < -0.3 is 5.32 Å². The first-order valence-corrected chi connectivity index (χ1v) is 10.4. The third kappa shape index (κ3) is 4.18. The molecular formula is C25H20Cl2N2O. The summed E-state index contributed by atoms with van der Waals surface area (Å²) in [5.41, 5.74) is 6.38. The summed E-state index contributed by atoms with van der Waals surface area (Å²) in [6, 6.07) is 21.1. The van der Waals surface area contributed by atoms with Crippen molar-refractivity contribution in [2.24, 2.45) is 0 Å². The molecule has 5 heteroatoms. The molecule has 4 rings (SSSR count). The number of benzene rings is 3. The minimum Gasteiger partial charge on any atom is -0.348 e. The van der Waals surface area contributed by atoms with Crippen LogP contribution in [0.25, 0.3) is 22.2 Å². The number of fused-ring (bicyclic) bond motifs is 1. The van der Waals surface area contributed by atoms with Crippen LogP contribution in [0.3, 0.4) is 0 Å². The summed E-state index contributed by atoms with van der Waals surface area (Å²) in [5.74, 6) is -0.161. The second-order valence-electron chi connectivity index (χ2n) is 7.32. The van der Waals surface area contributed by atoms with Crippen molar-refractivity contribution < 1.29 is 4.79 Å². The Bertz CT molecular complexity index is 1270. The van der Waals surface area contributed by atoms with Crippen LogP contribution >= 0.6 is 23.2 Å². The lowest BCUT2D eigenvalue weighted by Crippen LogP contribution is -2.23. The largest absolute Gasteiger partial charge is 0.348 e. The fraction of sp³-hybridized carbons (Fsp3) is 0.120. The number of amides is 1. The number of pyridine rings is 1. The minimum atomic E-state index is -0.161. The minimum absolute atomic E-state index is 0.161. The van der Waals surface area contributed by atoms with Crippen molar-refractivity contribution in [3.8, 4) is 11.3 Å². The fourth-order valence-corrected chi connectivity index (χ4v) is 3.85. The lowest BCUT2D eigenvalue weighted by atomic mass is 9.99. The third-order valence-corrected chi connectivity index (χ3v) is 5.79. The zero-order valence-corrected chi connectivity index (χ0v) is 18.2. The summed E-state index contributed by atoms with van der Waals surface area (Å²) in [4.78, 5) is 17.9. The number of nitrogens with one attached hydrogen (secondary N) is 1. The molecule has 0 spiro atoms. The Hall–Kier alpha value is -2.88. The summed E-state index contributed by atoms with van der Waals surface area (Å²) in [6.45, 7) is 4.47. The lowest BCUT2D eigenvalue weighted by Gasteiger charge is -2.12. The van der Waals surface area contributed by atoms with Gasteiger partial charge in [0.2, 0.25) is 0 Å². The highest BCUT2D eigenvalue weighted by atomic mass is 35.5. The Morgan fingerprint density at radius 1 is 0.933 bits per heavy atom. The molecule has 3 aromatic carbocycles. The van der Waals surface area contributed by atoms with Crippen molar-refractivity contribution in [2.45, 2.75) is 20.4 Å². The smallest absolute Gasteiger partial charge is 0.252 e. The second-order valence-corrected chi connectivity index (χ2v) is 8.14. The number of hydrogen-bond donors (Lipinski definition) is 1. The van der Waals surface area contributed by atoms with Crippen LogP contribution in [0.2, 0.25) is 10.0 Å². The van der Waals surface area contributed by atoms with Gasteiger partial charge in [0.05, 0.1) is 26.8 Å². The lowest BCUT2D eigenvalue weighted by molar-refractivity contribution is 0.0952. The Balaban J connectivity index is 1.71. The first-order chi connectivity index (χ1) is 14.4. The van der Waals surface area contributed by atoms with Crippen molar-refractivity contribution in [3.05, 3.63) is 99.0 Å². The summed E-state index contributed by atoms with van der Waals surface area (Å²) in [7, 11) is 0. The molecule has 30 heavy (non-hydrogen) atoms. The molecule has 1 heterocycles. The molecule has 0 aliphatic carbocycles. The van der Waals surface area contributed by atoms with E-state index in [1.54, 1.807) is 12.1 Å². The summed E-state index contributed by atoms with van der Waals surface area (Å²) in [6.07, 6.45) is 0. The van der Waals surface area contributed by atoms with Gasteiger partial charge in [-0.2, -0.15) is 0 Å². The Morgan fingerprint density at radius 2 is 1.73 bits per heavy atom. The van der Waals surface area contributed by atoms with Crippen molar-refractivity contribution in [2.75, 3.05) is 0 Å². The maximum absolute atomic E-state index is 13.1. The van der Waals surface area contributed by atoms with E-state index in [2.05, 4.69) is 37.4 Å². The molecule has 150 valence electrons. The van der Waals surface area contributed by atoms with Crippen LogP contribution in [0.4, 0.5) is 0 Å². The van der Waals surface area contributed by atoms with Crippen LogP contribution in [0, 0.1) is 13.8 Å². The average molecular weight is 435 g/mol. The zero-order valence-electron chi connectivity index (χ0n) is 16.7. The van der Waals surface area contributed by atoms with Crippen LogP contribution in [-0.4, -0.2) is 10.9 Å². The molecule has 1 N–H and O–H groups in total. The zero-order chi connectivity index (χ0) is 21.3. The van der Waals surface area contributed by atoms with E-state index in [0.717, 1.165) is 33.3 Å². The number of rotatable bonds is 4. The summed E-state index contributed by atoms with van der Waals surface area (Å²) >= 11 is 12.1. The second kappa shape index (κ2) is 8.47. The van der Waals surface area contributed by atoms with Gasteiger partial charge in [-0.3, -0.25) is 4.79 Å². The van der Waals surface area contributed by atoms with E-state index in [9.17, 15) is 4.79 Å². The van der Waals surface area contributed by atoms with Gasteiger partial charge in [0.15, 0.2) is 0 Å². The molecule has 0 saturated heterocycles. The molecular weight excluding hydrogens is 415 g/mol.